The molecule has 9 nitrogen and oxygen atoms in total. The lowest BCUT2D eigenvalue weighted by atomic mass is 10.4. The van der Waals surface area contributed by atoms with Gasteiger partial charge < -0.3 is 33.5 Å². The molecule has 0 aliphatic carbocycles. The van der Waals surface area contributed by atoms with E-state index in [1.54, 1.807) is 6.92 Å². The van der Waals surface area contributed by atoms with Crippen molar-refractivity contribution in [2.24, 2.45) is 0 Å². The van der Waals surface area contributed by atoms with Crippen LogP contribution < -0.4 is 0 Å². The number of esters is 1. The van der Waals surface area contributed by atoms with Crippen LogP contribution in [0.5, 0.6) is 0 Å². The summed E-state index contributed by atoms with van der Waals surface area (Å²) in [4.78, 5) is 11.8. The highest BCUT2D eigenvalue weighted by Crippen LogP contribution is 2.36. The van der Waals surface area contributed by atoms with Gasteiger partial charge in [0.05, 0.1) is 6.61 Å². The minimum Gasteiger partial charge on any atom is -0.462 e. The summed E-state index contributed by atoms with van der Waals surface area (Å²) >= 11 is 0. The molecule has 0 saturated carbocycles. The summed E-state index contributed by atoms with van der Waals surface area (Å²) in [5.41, 5.74) is 0.445. The molecule has 0 saturated heterocycles. The largest absolute Gasteiger partial charge is 0.469 e. The van der Waals surface area contributed by atoms with Crippen LogP contribution in [0.4, 0.5) is 0 Å². The molecule has 0 unspecified atom stereocenters. The second-order valence-electron chi connectivity index (χ2n) is 20.2. The van der Waals surface area contributed by atoms with E-state index < -0.39 is 106 Å². The summed E-state index contributed by atoms with van der Waals surface area (Å²) in [7, 11) is -18.8. The molecule has 21 heteroatoms. The maximum Gasteiger partial charge on any atom is 0.469 e. The normalized spacial score (nSPS) is 16.0. The zero-order valence-electron chi connectivity index (χ0n) is 38.0. The zero-order valence-corrected chi connectivity index (χ0v) is 51.6. The fraction of sp³-hybridized carbons (Fsp3) is 0.906. The average Bonchev–Trinajstić information content (AvgIpc) is 2.94. The predicted molar refractivity (Wildman–Crippen MR) is 261 cm³/mol. The molecule has 0 N–H and O–H groups in total. The maximum atomic E-state index is 11.8. The van der Waals surface area contributed by atoms with Gasteiger partial charge in [-0.05, 0) is 173 Å². The van der Waals surface area contributed by atoms with Gasteiger partial charge in [-0.3, -0.25) is 0 Å². The Hall–Kier alpha value is 1.53. The number of ether oxygens (including phenoxy) is 1. The molecule has 0 aromatic heterocycles. The maximum absolute atomic E-state index is 11.8. The molecule has 0 heterocycles. The van der Waals surface area contributed by atoms with Gasteiger partial charge >= 0.3 is 14.8 Å². The van der Waals surface area contributed by atoms with Crippen molar-refractivity contribution in [2.75, 3.05) is 6.61 Å². The Bertz CT molecular complexity index is 987. The number of rotatable bonds is 31. The van der Waals surface area contributed by atoms with E-state index in [0.29, 0.717) is 12.2 Å². The van der Waals surface area contributed by atoms with Crippen LogP contribution in [0.3, 0.4) is 0 Å². The van der Waals surface area contributed by atoms with E-state index in [1.807, 2.05) is 0 Å². The lowest BCUT2D eigenvalue weighted by Gasteiger charge is -2.46. The summed E-state index contributed by atoms with van der Waals surface area (Å²) < 4.78 is 54.2. The second kappa shape index (κ2) is 24.0. The lowest BCUT2D eigenvalue weighted by Crippen LogP contribution is -2.62. The van der Waals surface area contributed by atoms with Crippen LogP contribution in [0.15, 0.2) is 12.2 Å². The lowest BCUT2D eigenvalue weighted by molar-refractivity contribution is -0.138. The second-order valence-corrected chi connectivity index (χ2v) is 62.3. The number of hydrogen-bond donors (Lipinski definition) is 0. The molecule has 0 aromatic rings. The first-order valence-electron chi connectivity index (χ1n) is 20.3. The summed E-state index contributed by atoms with van der Waals surface area (Å²) in [6, 6.07) is 9.47. The van der Waals surface area contributed by atoms with Crippen LogP contribution in [-0.2, 0) is 38.3 Å². The molecular weight excluding hydrogens is 865 g/mol. The molecule has 0 atom stereocenters. The van der Waals surface area contributed by atoms with E-state index in [2.05, 4.69) is 118 Å². The molecule has 0 bridgehead atoms. The summed E-state index contributed by atoms with van der Waals surface area (Å²) in [5, 5.41) is 0. The summed E-state index contributed by atoms with van der Waals surface area (Å²) in [6.07, 6.45) is 0.837. The topological polar surface area (TPSA) is 90.9 Å². The van der Waals surface area contributed by atoms with Crippen LogP contribution in [0.2, 0.25) is 166 Å². The van der Waals surface area contributed by atoms with Crippen molar-refractivity contribution in [3.05, 3.63) is 12.2 Å². The Morgan fingerprint density at radius 2 is 0.811 bits per heavy atom. The van der Waals surface area contributed by atoms with E-state index in [1.165, 1.54) is 0 Å². The van der Waals surface area contributed by atoms with Crippen molar-refractivity contribution < 1.29 is 38.3 Å². The Morgan fingerprint density at radius 3 is 1.13 bits per heavy atom. The van der Waals surface area contributed by atoms with Gasteiger partial charge in [0, 0.05) is 11.6 Å². The first-order valence-corrected chi connectivity index (χ1v) is 51.2. The van der Waals surface area contributed by atoms with Crippen LogP contribution >= 0.6 is 0 Å². The van der Waals surface area contributed by atoms with Gasteiger partial charge in [-0.15, -0.1) is 0 Å². The molecule has 53 heavy (non-hydrogen) atoms. The van der Waals surface area contributed by atoms with E-state index >= 15 is 0 Å². The molecule has 0 spiro atoms. The van der Waals surface area contributed by atoms with Crippen molar-refractivity contribution >= 4 is 112 Å². The van der Waals surface area contributed by atoms with Gasteiger partial charge in [0.2, 0.25) is 0 Å². The Kier molecular flexibility index (Phi) is 24.6. The Balaban J connectivity index is 6.36. The third-order valence-corrected chi connectivity index (χ3v) is 47.8. The van der Waals surface area contributed by atoms with Gasteiger partial charge in [0.15, 0.2) is 58.2 Å². The van der Waals surface area contributed by atoms with E-state index in [4.69, 9.17) is 33.5 Å². The first-order chi connectivity index (χ1) is 23.8. The molecular formula is C32H86O9Si12. The van der Waals surface area contributed by atoms with Crippen LogP contribution in [-0.4, -0.2) is 119 Å². The van der Waals surface area contributed by atoms with Crippen LogP contribution in [0.25, 0.3) is 0 Å². The molecule has 0 fully saturated rings. The van der Waals surface area contributed by atoms with Crippen molar-refractivity contribution in [1.29, 1.82) is 0 Å². The van der Waals surface area contributed by atoms with E-state index in [0.717, 1.165) is 60.8 Å². The van der Waals surface area contributed by atoms with Gasteiger partial charge in [0.25, 0.3) is 0 Å². The number of hydrogen-bond acceptors (Lipinski definition) is 9. The highest BCUT2D eigenvalue weighted by molar-refractivity contribution is 6.92. The van der Waals surface area contributed by atoms with Gasteiger partial charge in [-0.2, -0.15) is 0 Å². The Morgan fingerprint density at radius 1 is 0.472 bits per heavy atom. The predicted octanol–water partition coefficient (Wildman–Crippen LogP) is 7.88. The van der Waals surface area contributed by atoms with E-state index in [-0.39, 0.29) is 5.97 Å². The van der Waals surface area contributed by atoms with Crippen LogP contribution in [0, 0.1) is 0 Å². The van der Waals surface area contributed by atoms with Crippen molar-refractivity contribution in [1.82, 2.24) is 0 Å². The van der Waals surface area contributed by atoms with Crippen LogP contribution in [0.1, 0.15) is 13.3 Å². The molecule has 0 radical (unpaired) electrons. The molecule has 0 amide bonds. The van der Waals surface area contributed by atoms with Gasteiger partial charge in [-0.1, -0.05) is 6.58 Å². The van der Waals surface area contributed by atoms with Crippen molar-refractivity contribution in [3.8, 4) is 0 Å². The third-order valence-electron chi connectivity index (χ3n) is 8.32. The van der Waals surface area contributed by atoms with Crippen molar-refractivity contribution in [2.45, 2.75) is 179 Å². The Labute approximate surface area is 346 Å². The molecule has 0 rings (SSSR count). The minimum atomic E-state index is -3.15. The SMILES string of the molecule is C=C(C)C(=O)OCCC[SiH2]O[Si](C)(C)CC[Si](O[Si](C)(C)CC[SiH2]O[Si](C)(C)C)(O[Si](C)(C)CC[SiH2]O[Si](C)(C)C)O[Si](C)(C)CC[SiH2]O[Si](C)(C)C. The summed E-state index contributed by atoms with van der Waals surface area (Å²) in [6.45, 7) is 45.5. The fourth-order valence-corrected chi connectivity index (χ4v) is 48.2. The molecule has 0 aliphatic rings. The molecule has 0 aliphatic heterocycles. The highest BCUT2D eigenvalue weighted by atomic mass is 28.5. The third kappa shape index (κ3) is 31.2. The smallest absolute Gasteiger partial charge is 0.462 e. The summed E-state index contributed by atoms with van der Waals surface area (Å²) in [5.74, 6) is -0.309. The monoisotopic (exact) mass is 950 g/mol. The fourth-order valence-electron chi connectivity index (χ4n) is 5.63. The molecule has 316 valence electrons. The quantitative estimate of drug-likeness (QED) is 0.0298. The van der Waals surface area contributed by atoms with Gasteiger partial charge in [0.1, 0.15) is 39.1 Å². The van der Waals surface area contributed by atoms with E-state index in [9.17, 15) is 4.79 Å². The first kappa shape index (κ1) is 54.5. The number of carbonyl (C=O) groups is 1. The number of carbonyl (C=O) groups excluding carboxylic acids is 1. The average molecular weight is 952 g/mol. The minimum absolute atomic E-state index is 0.309. The highest BCUT2D eigenvalue weighted by Gasteiger charge is 2.53. The molecule has 0 aromatic carbocycles. The van der Waals surface area contributed by atoms with Gasteiger partial charge in [-0.25, -0.2) is 4.79 Å². The van der Waals surface area contributed by atoms with Crippen molar-refractivity contribution in [3.63, 3.8) is 0 Å². The zero-order chi connectivity index (χ0) is 41.4. The standard InChI is InChI=1S/C32H86O9Si12/c1-31(2)32(33)34-21-20-22-42-38-49(12,13)29-30-53(39-50(14,15)26-23-43-35-46(3,4)5,40-51(16,17)27-24-44-36-47(6,7)8)41-52(18,19)28-25-45-37-48(9,10)11/h1,20-30,42-45H2,2-19H3.